The van der Waals surface area contributed by atoms with Crippen LogP contribution in [-0.4, -0.2) is 19.3 Å². The highest BCUT2D eigenvalue weighted by Crippen LogP contribution is 2.36. The maximum Gasteiger partial charge on any atom is 0.137 e. The normalized spacial score (nSPS) is 11.6. The summed E-state index contributed by atoms with van der Waals surface area (Å²) in [5, 5.41) is 7.35. The predicted molar refractivity (Wildman–Crippen MR) is 190 cm³/mol. The Kier molecular flexibility index (Phi) is 7.91. The van der Waals surface area contributed by atoms with E-state index >= 15 is 0 Å². The molecule has 3 heterocycles. The molecular weight excluding hydrogens is 564 g/mol. The molecule has 0 spiro atoms. The number of benzene rings is 4. The van der Waals surface area contributed by atoms with E-state index in [9.17, 15) is 0 Å². The molecule has 0 aliphatic rings. The number of hydrogen-bond donors (Lipinski definition) is 0. The second kappa shape index (κ2) is 12.3. The van der Waals surface area contributed by atoms with Crippen molar-refractivity contribution in [3.63, 3.8) is 0 Å². The van der Waals surface area contributed by atoms with Gasteiger partial charge in [0.2, 0.25) is 0 Å². The Morgan fingerprint density at radius 2 is 1.57 bits per heavy atom. The van der Waals surface area contributed by atoms with E-state index in [1.165, 1.54) is 33.0 Å². The van der Waals surface area contributed by atoms with Gasteiger partial charge in [-0.05, 0) is 97.8 Å². The lowest BCUT2D eigenvalue weighted by molar-refractivity contribution is 0.483. The monoisotopic (exact) mass is 604 g/mol. The molecule has 0 unspecified atom stereocenters. The minimum Gasteiger partial charge on any atom is -0.457 e. The molecule has 0 aliphatic carbocycles. The van der Waals surface area contributed by atoms with Gasteiger partial charge in [0.1, 0.15) is 17.3 Å². The lowest BCUT2D eigenvalue weighted by Gasteiger charge is -2.12. The van der Waals surface area contributed by atoms with Gasteiger partial charge in [0.25, 0.3) is 0 Å². The minimum atomic E-state index is 0.570. The number of aromatic nitrogens is 4. The third kappa shape index (κ3) is 5.58. The maximum atomic E-state index is 6.56. The average molecular weight is 605 g/mol. The second-order valence-electron chi connectivity index (χ2n) is 12.7. The van der Waals surface area contributed by atoms with Crippen LogP contribution in [0.5, 0.6) is 11.5 Å². The lowest BCUT2D eigenvalue weighted by atomic mass is 10.0. The van der Waals surface area contributed by atoms with Crippen molar-refractivity contribution in [3.05, 3.63) is 132 Å². The zero-order valence-electron chi connectivity index (χ0n) is 27.3. The molecule has 3 aromatic heterocycles. The molecule has 0 saturated heterocycles. The molecule has 0 amide bonds. The van der Waals surface area contributed by atoms with Crippen molar-refractivity contribution in [2.24, 2.45) is 5.92 Å². The number of aryl methyl sites for hydroxylation is 2. The van der Waals surface area contributed by atoms with Crippen molar-refractivity contribution >= 4 is 21.8 Å². The van der Waals surface area contributed by atoms with Crippen LogP contribution < -0.4 is 4.74 Å². The van der Waals surface area contributed by atoms with Gasteiger partial charge in [0.15, 0.2) is 0 Å². The fourth-order valence-electron chi connectivity index (χ4n) is 6.72. The Hall–Kier alpha value is -5.16. The Morgan fingerprint density at radius 3 is 2.37 bits per heavy atom. The molecule has 0 fully saturated rings. The van der Waals surface area contributed by atoms with Gasteiger partial charge in [-0.3, -0.25) is 4.57 Å². The van der Waals surface area contributed by atoms with E-state index in [-0.39, 0.29) is 0 Å². The smallest absolute Gasteiger partial charge is 0.137 e. The molecule has 0 atom stereocenters. The summed E-state index contributed by atoms with van der Waals surface area (Å²) in [5.41, 5.74) is 10.3. The van der Waals surface area contributed by atoms with E-state index in [0.29, 0.717) is 5.92 Å². The molecule has 0 aliphatic heterocycles. The average Bonchev–Trinajstić information content (AvgIpc) is 3.53. The van der Waals surface area contributed by atoms with Crippen LogP contribution >= 0.6 is 0 Å². The first kappa shape index (κ1) is 29.5. The summed E-state index contributed by atoms with van der Waals surface area (Å²) < 4.78 is 10.9. The van der Waals surface area contributed by atoms with Crippen LogP contribution in [0.4, 0.5) is 0 Å². The fourth-order valence-corrected chi connectivity index (χ4v) is 6.72. The first-order valence-electron chi connectivity index (χ1n) is 16.3. The van der Waals surface area contributed by atoms with Crippen LogP contribution in [0, 0.1) is 19.8 Å². The van der Waals surface area contributed by atoms with Gasteiger partial charge in [-0.1, -0.05) is 69.7 Å². The zero-order chi connectivity index (χ0) is 31.8. The minimum absolute atomic E-state index is 0.570. The van der Waals surface area contributed by atoms with Crippen molar-refractivity contribution in [2.45, 2.75) is 53.9 Å². The molecule has 46 heavy (non-hydrogen) atoms. The van der Waals surface area contributed by atoms with Gasteiger partial charge in [-0.2, -0.15) is 5.10 Å². The molecular formula is C41H40N4O. The molecule has 5 heteroatoms. The first-order chi connectivity index (χ1) is 22.4. The standard InChI is InChI=1S/C41H40N4O/c1-6-11-30-16-19-38-37(23-30)36-18-17-35(26-39(36)44(38)40-24-31(20-21-42-40)22-27(2)3)46-34-15-10-14-33(25-34)45-29(5)41(28(4)43-45)32-12-8-7-9-13-32/h7-10,12-21,23-27H,6,11,22H2,1-5H3. The molecule has 0 N–H and O–H groups in total. The van der Waals surface area contributed by atoms with E-state index < -0.39 is 0 Å². The summed E-state index contributed by atoms with van der Waals surface area (Å²) in [4.78, 5) is 4.86. The number of fused-ring (bicyclic) bond motifs is 3. The van der Waals surface area contributed by atoms with Crippen LogP contribution in [0.1, 0.15) is 49.7 Å². The molecule has 4 aromatic carbocycles. The molecule has 7 aromatic rings. The summed E-state index contributed by atoms with van der Waals surface area (Å²) in [6.45, 7) is 10.9. The van der Waals surface area contributed by atoms with Crippen LogP contribution in [0.2, 0.25) is 0 Å². The Morgan fingerprint density at radius 1 is 0.739 bits per heavy atom. The summed E-state index contributed by atoms with van der Waals surface area (Å²) in [5.74, 6) is 3.04. The lowest BCUT2D eigenvalue weighted by Crippen LogP contribution is -2.01. The third-order valence-electron chi connectivity index (χ3n) is 8.68. The molecule has 0 radical (unpaired) electrons. The van der Waals surface area contributed by atoms with Crippen molar-refractivity contribution < 1.29 is 4.74 Å². The zero-order valence-corrected chi connectivity index (χ0v) is 27.3. The van der Waals surface area contributed by atoms with E-state index in [1.807, 2.05) is 29.1 Å². The van der Waals surface area contributed by atoms with E-state index in [2.05, 4.69) is 124 Å². The second-order valence-corrected chi connectivity index (χ2v) is 12.7. The number of nitrogens with zero attached hydrogens (tertiary/aromatic N) is 4. The summed E-state index contributed by atoms with van der Waals surface area (Å²) in [6.07, 6.45) is 5.12. The van der Waals surface area contributed by atoms with E-state index in [1.54, 1.807) is 0 Å². The van der Waals surface area contributed by atoms with Crippen LogP contribution in [0.25, 0.3) is 44.4 Å². The van der Waals surface area contributed by atoms with Crippen molar-refractivity contribution in [1.82, 2.24) is 19.3 Å². The molecule has 5 nitrogen and oxygen atoms in total. The van der Waals surface area contributed by atoms with Crippen LogP contribution in [0.3, 0.4) is 0 Å². The Balaban J connectivity index is 1.29. The van der Waals surface area contributed by atoms with E-state index in [4.69, 9.17) is 14.8 Å². The Labute approximate surface area is 271 Å². The summed E-state index contributed by atoms with van der Waals surface area (Å²) in [7, 11) is 0. The number of pyridine rings is 1. The molecule has 7 rings (SSSR count). The van der Waals surface area contributed by atoms with Crippen molar-refractivity contribution in [3.8, 4) is 34.1 Å². The fraction of sp³-hybridized carbons (Fsp3) is 0.220. The number of hydrogen-bond acceptors (Lipinski definition) is 3. The van der Waals surface area contributed by atoms with Crippen molar-refractivity contribution in [2.75, 3.05) is 0 Å². The predicted octanol–water partition coefficient (Wildman–Crippen LogP) is 10.6. The van der Waals surface area contributed by atoms with Crippen molar-refractivity contribution in [1.29, 1.82) is 0 Å². The number of rotatable bonds is 9. The third-order valence-corrected chi connectivity index (χ3v) is 8.68. The highest BCUT2D eigenvalue weighted by Gasteiger charge is 2.17. The first-order valence-corrected chi connectivity index (χ1v) is 16.3. The Bertz CT molecular complexity index is 2170. The highest BCUT2D eigenvalue weighted by molar-refractivity contribution is 6.09. The van der Waals surface area contributed by atoms with Gasteiger partial charge in [0, 0.05) is 40.4 Å². The number of ether oxygens (including phenoxy) is 1. The van der Waals surface area contributed by atoms with Gasteiger partial charge in [-0.25, -0.2) is 9.67 Å². The largest absolute Gasteiger partial charge is 0.457 e. The maximum absolute atomic E-state index is 6.56. The van der Waals surface area contributed by atoms with Gasteiger partial charge in [-0.15, -0.1) is 0 Å². The molecule has 230 valence electrons. The van der Waals surface area contributed by atoms with Gasteiger partial charge in [0.05, 0.1) is 22.4 Å². The quantitative estimate of drug-likeness (QED) is 0.165. The highest BCUT2D eigenvalue weighted by atomic mass is 16.5. The summed E-state index contributed by atoms with van der Waals surface area (Å²) in [6, 6.07) is 36.2. The topological polar surface area (TPSA) is 44.9 Å². The van der Waals surface area contributed by atoms with Crippen LogP contribution in [-0.2, 0) is 12.8 Å². The van der Waals surface area contributed by atoms with E-state index in [0.717, 1.165) is 64.7 Å². The van der Waals surface area contributed by atoms with Crippen LogP contribution in [0.15, 0.2) is 109 Å². The van der Waals surface area contributed by atoms with Gasteiger partial charge < -0.3 is 4.74 Å². The molecule has 0 bridgehead atoms. The SMILES string of the molecule is CCCc1ccc2c(c1)c1ccc(Oc3cccc(-n4nc(C)c(-c5ccccc5)c4C)c3)cc1n2-c1cc(CC(C)C)ccn1. The molecule has 0 saturated carbocycles. The summed E-state index contributed by atoms with van der Waals surface area (Å²) >= 11 is 0. The van der Waals surface area contributed by atoms with Gasteiger partial charge >= 0.3 is 0 Å².